The zero-order valence-electron chi connectivity index (χ0n) is 14.0. The minimum atomic E-state index is -0.564. The average Bonchev–Trinajstić information content (AvgIpc) is 2.59. The molecule has 1 aliphatic carbocycles. The van der Waals surface area contributed by atoms with Crippen LogP contribution in [0.4, 0.5) is 0 Å². The fourth-order valence-corrected chi connectivity index (χ4v) is 3.06. The zero-order valence-corrected chi connectivity index (χ0v) is 14.0. The molecule has 0 unspecified atom stereocenters. The van der Waals surface area contributed by atoms with Crippen LogP contribution in [0.5, 0.6) is 0 Å². The van der Waals surface area contributed by atoms with Crippen LogP contribution in [0, 0.1) is 5.92 Å². The molecule has 3 rings (SSSR count). The first kappa shape index (κ1) is 17.1. The predicted molar refractivity (Wildman–Crippen MR) is 90.1 cm³/mol. The summed E-state index contributed by atoms with van der Waals surface area (Å²) in [6.07, 6.45) is 2.40. The molecule has 0 saturated heterocycles. The van der Waals surface area contributed by atoms with Crippen LogP contribution in [-0.4, -0.2) is 31.2 Å². The smallest absolute Gasteiger partial charge is 0.331 e. The topological polar surface area (TPSA) is 106 Å². The Morgan fingerprint density at radius 2 is 2.00 bits per heavy atom. The van der Waals surface area contributed by atoms with Gasteiger partial charge in [-0.15, -0.1) is 0 Å². The molecule has 1 saturated carbocycles. The summed E-state index contributed by atoms with van der Waals surface area (Å²) < 4.78 is 2.08. The molecular formula is C17H20N4O4. The maximum Gasteiger partial charge on any atom is 0.331 e. The number of pyridine rings is 1. The highest BCUT2D eigenvalue weighted by Gasteiger charge is 2.36. The van der Waals surface area contributed by atoms with Gasteiger partial charge in [-0.2, -0.15) is 0 Å². The number of nitrogens with one attached hydrogen (secondary N) is 1. The van der Waals surface area contributed by atoms with Crippen molar-refractivity contribution in [3.05, 3.63) is 62.7 Å². The summed E-state index contributed by atoms with van der Waals surface area (Å²) in [5.41, 5.74) is -0.428. The monoisotopic (exact) mass is 344 g/mol. The van der Waals surface area contributed by atoms with E-state index in [1.54, 1.807) is 18.3 Å². The van der Waals surface area contributed by atoms with E-state index in [0.717, 1.165) is 15.2 Å². The van der Waals surface area contributed by atoms with Gasteiger partial charge in [0.1, 0.15) is 5.69 Å². The van der Waals surface area contributed by atoms with Gasteiger partial charge in [0, 0.05) is 26.4 Å². The van der Waals surface area contributed by atoms with Crippen LogP contribution in [0.2, 0.25) is 0 Å². The Hall–Kier alpha value is -2.74. The zero-order chi connectivity index (χ0) is 18.1. The van der Waals surface area contributed by atoms with Crippen molar-refractivity contribution in [3.8, 4) is 0 Å². The molecule has 1 aliphatic rings. The van der Waals surface area contributed by atoms with E-state index in [9.17, 15) is 19.5 Å². The summed E-state index contributed by atoms with van der Waals surface area (Å²) >= 11 is 0. The second-order valence-corrected chi connectivity index (χ2v) is 6.36. The van der Waals surface area contributed by atoms with Crippen molar-refractivity contribution in [3.63, 3.8) is 0 Å². The lowest BCUT2D eigenvalue weighted by Gasteiger charge is -2.37. The van der Waals surface area contributed by atoms with Crippen molar-refractivity contribution in [1.29, 1.82) is 0 Å². The normalized spacial score (nSPS) is 20.6. The van der Waals surface area contributed by atoms with E-state index in [0.29, 0.717) is 18.5 Å². The number of hydrogen-bond donors (Lipinski definition) is 2. The third-order valence-corrected chi connectivity index (χ3v) is 4.67. The highest BCUT2D eigenvalue weighted by Crippen LogP contribution is 2.37. The van der Waals surface area contributed by atoms with Crippen LogP contribution in [0.1, 0.15) is 35.1 Å². The van der Waals surface area contributed by atoms with Crippen molar-refractivity contribution >= 4 is 5.91 Å². The molecule has 0 spiro atoms. The number of aliphatic hydroxyl groups excluding tert-OH is 1. The first-order valence-corrected chi connectivity index (χ1v) is 8.05. The van der Waals surface area contributed by atoms with E-state index < -0.39 is 23.2 Å². The quantitative estimate of drug-likeness (QED) is 0.793. The van der Waals surface area contributed by atoms with E-state index in [2.05, 4.69) is 10.3 Å². The van der Waals surface area contributed by atoms with E-state index in [1.807, 2.05) is 6.07 Å². The first-order chi connectivity index (χ1) is 11.9. The molecule has 0 aliphatic heterocycles. The van der Waals surface area contributed by atoms with E-state index in [1.165, 1.54) is 14.1 Å². The van der Waals surface area contributed by atoms with Crippen LogP contribution in [0.25, 0.3) is 0 Å². The second-order valence-electron chi connectivity index (χ2n) is 6.36. The van der Waals surface area contributed by atoms with Crippen LogP contribution in [0.15, 0.2) is 40.1 Å². The maximum absolute atomic E-state index is 12.7. The Labute approximate surface area is 143 Å². The van der Waals surface area contributed by atoms with E-state index in [-0.39, 0.29) is 17.7 Å². The second kappa shape index (κ2) is 6.64. The molecule has 2 N–H and O–H groups in total. The Kier molecular flexibility index (Phi) is 4.54. The average molecular weight is 344 g/mol. The number of amides is 1. The first-order valence-electron chi connectivity index (χ1n) is 8.05. The van der Waals surface area contributed by atoms with Crippen LogP contribution >= 0.6 is 0 Å². The van der Waals surface area contributed by atoms with Crippen LogP contribution in [-0.2, 0) is 14.1 Å². The molecule has 1 amide bonds. The maximum atomic E-state index is 12.7. The SMILES string of the molecule is Cn1c(C(=O)N[C@H](c2ccccn2)C2CC(O)C2)cc(=O)n(C)c1=O. The number of aliphatic hydroxyl groups is 1. The van der Waals surface area contributed by atoms with Crippen molar-refractivity contribution < 1.29 is 9.90 Å². The molecule has 0 radical (unpaired) electrons. The molecule has 0 aromatic carbocycles. The summed E-state index contributed by atoms with van der Waals surface area (Å²) in [6.45, 7) is 0. The highest BCUT2D eigenvalue weighted by molar-refractivity contribution is 5.92. The molecule has 1 atom stereocenters. The molecular weight excluding hydrogens is 324 g/mol. The molecule has 0 bridgehead atoms. The van der Waals surface area contributed by atoms with Crippen LogP contribution in [0.3, 0.4) is 0 Å². The number of carbonyl (C=O) groups is 1. The van der Waals surface area contributed by atoms with Crippen molar-refractivity contribution in [2.45, 2.75) is 25.0 Å². The van der Waals surface area contributed by atoms with Gasteiger partial charge in [-0.3, -0.25) is 23.7 Å². The molecule has 2 heterocycles. The summed E-state index contributed by atoms with van der Waals surface area (Å²) in [6, 6.07) is 6.16. The third kappa shape index (κ3) is 3.25. The van der Waals surface area contributed by atoms with Crippen molar-refractivity contribution in [2.75, 3.05) is 0 Å². The van der Waals surface area contributed by atoms with Crippen molar-refractivity contribution in [1.82, 2.24) is 19.4 Å². The number of aromatic nitrogens is 3. The predicted octanol–water partition coefficient (Wildman–Crippen LogP) is -0.279. The van der Waals surface area contributed by atoms with Gasteiger partial charge >= 0.3 is 5.69 Å². The fraction of sp³-hybridized carbons (Fsp3) is 0.412. The molecule has 132 valence electrons. The minimum absolute atomic E-state index is 0.00565. The standard InChI is InChI=1S/C17H20N4O4/c1-20-13(9-14(23)21(2)17(20)25)16(24)19-15(10-7-11(22)8-10)12-5-3-4-6-18-12/h3-6,9-11,15,22H,7-8H2,1-2H3,(H,19,24)/t10?,11?,15-/m0/s1. The summed E-state index contributed by atoms with van der Waals surface area (Å²) in [5.74, 6) is -0.466. The number of carbonyl (C=O) groups excluding carboxylic acids is 1. The summed E-state index contributed by atoms with van der Waals surface area (Å²) in [5, 5.41) is 12.5. The van der Waals surface area contributed by atoms with E-state index in [4.69, 9.17) is 0 Å². The van der Waals surface area contributed by atoms with Gasteiger partial charge in [-0.25, -0.2) is 4.79 Å². The van der Waals surface area contributed by atoms with Gasteiger partial charge in [0.2, 0.25) is 0 Å². The molecule has 25 heavy (non-hydrogen) atoms. The van der Waals surface area contributed by atoms with E-state index >= 15 is 0 Å². The number of rotatable bonds is 4. The highest BCUT2D eigenvalue weighted by atomic mass is 16.3. The van der Waals surface area contributed by atoms with Crippen molar-refractivity contribution in [2.24, 2.45) is 20.0 Å². The number of nitrogens with zero attached hydrogens (tertiary/aromatic N) is 3. The van der Waals surface area contributed by atoms with Crippen LogP contribution < -0.4 is 16.6 Å². The van der Waals surface area contributed by atoms with Gasteiger partial charge in [-0.1, -0.05) is 6.07 Å². The Bertz CT molecular complexity index is 897. The lowest BCUT2D eigenvalue weighted by atomic mass is 9.76. The van der Waals surface area contributed by atoms with Gasteiger partial charge in [-0.05, 0) is 30.9 Å². The molecule has 8 nitrogen and oxygen atoms in total. The van der Waals surface area contributed by atoms with Gasteiger partial charge in [0.05, 0.1) is 17.8 Å². The minimum Gasteiger partial charge on any atom is -0.393 e. The third-order valence-electron chi connectivity index (χ3n) is 4.67. The van der Waals surface area contributed by atoms with Gasteiger partial charge < -0.3 is 10.4 Å². The molecule has 2 aromatic rings. The Morgan fingerprint density at radius 1 is 1.28 bits per heavy atom. The number of hydrogen-bond acceptors (Lipinski definition) is 5. The van der Waals surface area contributed by atoms with Gasteiger partial charge in [0.25, 0.3) is 11.5 Å². The Morgan fingerprint density at radius 3 is 2.60 bits per heavy atom. The molecule has 8 heteroatoms. The lowest BCUT2D eigenvalue weighted by molar-refractivity contribution is 0.0227. The van der Waals surface area contributed by atoms with Gasteiger partial charge in [0.15, 0.2) is 0 Å². The molecule has 2 aromatic heterocycles. The fourth-order valence-electron chi connectivity index (χ4n) is 3.06. The molecule has 1 fully saturated rings. The largest absolute Gasteiger partial charge is 0.393 e. The summed E-state index contributed by atoms with van der Waals surface area (Å²) in [7, 11) is 2.80. The summed E-state index contributed by atoms with van der Waals surface area (Å²) in [4.78, 5) is 40.8. The lowest BCUT2D eigenvalue weighted by Crippen LogP contribution is -2.45. The Balaban J connectivity index is 1.91.